The Hall–Kier alpha value is -3.15. The van der Waals surface area contributed by atoms with Crippen LogP contribution in [0.15, 0.2) is 54.6 Å². The highest BCUT2D eigenvalue weighted by molar-refractivity contribution is 6.36. The van der Waals surface area contributed by atoms with E-state index in [4.69, 9.17) is 0 Å². The van der Waals surface area contributed by atoms with E-state index in [0.717, 1.165) is 24.3 Å². The van der Waals surface area contributed by atoms with Crippen LogP contribution in [0.2, 0.25) is 0 Å². The number of aryl methyl sites for hydroxylation is 2. The molecular formula is C23H27N3O3. The molecule has 152 valence electrons. The Morgan fingerprint density at radius 2 is 1.55 bits per heavy atom. The first-order chi connectivity index (χ1) is 14.0. The molecule has 1 aliphatic rings. The van der Waals surface area contributed by atoms with Crippen LogP contribution in [0.5, 0.6) is 0 Å². The molecule has 1 aliphatic heterocycles. The SMILES string of the molecule is Cc1ccc(N2CCN(C(=O)CNC(=O)C(=O)CCc3ccccc3)CC2)cc1. The molecule has 0 spiro atoms. The van der Waals surface area contributed by atoms with Crippen molar-refractivity contribution >= 4 is 23.3 Å². The van der Waals surface area contributed by atoms with Gasteiger partial charge in [-0.05, 0) is 31.0 Å². The van der Waals surface area contributed by atoms with Gasteiger partial charge in [-0.2, -0.15) is 0 Å². The Labute approximate surface area is 171 Å². The lowest BCUT2D eigenvalue weighted by Crippen LogP contribution is -2.51. The van der Waals surface area contributed by atoms with Crippen LogP contribution in [0.1, 0.15) is 17.5 Å². The fourth-order valence-electron chi connectivity index (χ4n) is 3.35. The number of carbonyl (C=O) groups is 3. The molecule has 29 heavy (non-hydrogen) atoms. The van der Waals surface area contributed by atoms with Crippen LogP contribution in [0.25, 0.3) is 0 Å². The number of nitrogens with one attached hydrogen (secondary N) is 1. The number of Topliss-reactive ketones (excluding diaryl/α,β-unsaturated/α-hetero) is 1. The summed E-state index contributed by atoms with van der Waals surface area (Å²) in [7, 11) is 0. The minimum absolute atomic E-state index is 0.138. The minimum atomic E-state index is -0.687. The van der Waals surface area contributed by atoms with E-state index in [1.807, 2.05) is 30.3 Å². The molecule has 3 rings (SSSR count). The largest absolute Gasteiger partial charge is 0.368 e. The zero-order valence-corrected chi connectivity index (χ0v) is 16.8. The highest BCUT2D eigenvalue weighted by atomic mass is 16.2. The van der Waals surface area contributed by atoms with E-state index in [1.165, 1.54) is 5.56 Å². The number of amides is 2. The summed E-state index contributed by atoms with van der Waals surface area (Å²) in [5.41, 5.74) is 3.38. The molecule has 2 amide bonds. The van der Waals surface area contributed by atoms with Crippen LogP contribution in [0.4, 0.5) is 5.69 Å². The maximum absolute atomic E-state index is 12.4. The van der Waals surface area contributed by atoms with E-state index in [0.29, 0.717) is 19.5 Å². The number of nitrogens with zero attached hydrogens (tertiary/aromatic N) is 2. The number of anilines is 1. The second-order valence-electron chi connectivity index (χ2n) is 7.29. The molecule has 0 unspecified atom stereocenters. The lowest BCUT2D eigenvalue weighted by molar-refractivity contribution is -0.139. The molecular weight excluding hydrogens is 366 g/mol. The van der Waals surface area contributed by atoms with E-state index in [2.05, 4.69) is 41.4 Å². The molecule has 0 aliphatic carbocycles. The van der Waals surface area contributed by atoms with Gasteiger partial charge in [0.2, 0.25) is 11.7 Å². The highest BCUT2D eigenvalue weighted by Gasteiger charge is 2.22. The van der Waals surface area contributed by atoms with Gasteiger partial charge in [-0.3, -0.25) is 14.4 Å². The smallest absolute Gasteiger partial charge is 0.287 e. The summed E-state index contributed by atoms with van der Waals surface area (Å²) >= 11 is 0. The van der Waals surface area contributed by atoms with Crippen LogP contribution in [-0.2, 0) is 20.8 Å². The summed E-state index contributed by atoms with van der Waals surface area (Å²) in [6, 6.07) is 17.9. The molecule has 2 aromatic rings. The average Bonchev–Trinajstić information content (AvgIpc) is 2.77. The van der Waals surface area contributed by atoms with E-state index in [-0.39, 0.29) is 18.9 Å². The third-order valence-electron chi connectivity index (χ3n) is 5.17. The normalized spacial score (nSPS) is 13.8. The van der Waals surface area contributed by atoms with Crippen molar-refractivity contribution in [2.75, 3.05) is 37.6 Å². The van der Waals surface area contributed by atoms with Crippen molar-refractivity contribution in [2.24, 2.45) is 0 Å². The lowest BCUT2D eigenvalue weighted by atomic mass is 10.1. The van der Waals surface area contributed by atoms with E-state index >= 15 is 0 Å². The van der Waals surface area contributed by atoms with Gasteiger partial charge in [-0.15, -0.1) is 0 Å². The molecule has 6 nitrogen and oxygen atoms in total. The van der Waals surface area contributed by atoms with Crippen molar-refractivity contribution in [1.82, 2.24) is 10.2 Å². The van der Waals surface area contributed by atoms with Gasteiger partial charge in [0.15, 0.2) is 0 Å². The quantitative estimate of drug-likeness (QED) is 0.730. The van der Waals surface area contributed by atoms with Gasteiger partial charge in [0.1, 0.15) is 0 Å². The van der Waals surface area contributed by atoms with Crippen LogP contribution in [0, 0.1) is 6.92 Å². The van der Waals surface area contributed by atoms with Gasteiger partial charge in [0.25, 0.3) is 5.91 Å². The molecule has 0 saturated carbocycles. The fraction of sp³-hybridized carbons (Fsp3) is 0.348. The molecule has 1 fully saturated rings. The molecule has 2 aromatic carbocycles. The van der Waals surface area contributed by atoms with E-state index in [9.17, 15) is 14.4 Å². The monoisotopic (exact) mass is 393 g/mol. The molecule has 0 atom stereocenters. The Bertz CT molecular complexity index is 841. The maximum atomic E-state index is 12.4. The summed E-state index contributed by atoms with van der Waals surface area (Å²) in [5, 5.41) is 2.47. The first-order valence-electron chi connectivity index (χ1n) is 9.97. The Balaban J connectivity index is 1.38. The summed E-state index contributed by atoms with van der Waals surface area (Å²) in [5.74, 6) is -1.34. The highest BCUT2D eigenvalue weighted by Crippen LogP contribution is 2.17. The zero-order valence-electron chi connectivity index (χ0n) is 16.8. The standard InChI is InChI=1S/C23H27N3O3/c1-18-7-10-20(11-8-18)25-13-15-26(16-14-25)22(28)17-24-23(29)21(27)12-9-19-5-3-2-4-6-19/h2-8,10-11H,9,12-17H2,1H3,(H,24,29). The van der Waals surface area contributed by atoms with Gasteiger partial charge in [-0.25, -0.2) is 0 Å². The summed E-state index contributed by atoms with van der Waals surface area (Å²) in [6.07, 6.45) is 0.654. The minimum Gasteiger partial charge on any atom is -0.368 e. The van der Waals surface area contributed by atoms with E-state index in [1.54, 1.807) is 4.90 Å². The number of benzene rings is 2. The average molecular weight is 393 g/mol. The number of hydrogen-bond acceptors (Lipinski definition) is 4. The summed E-state index contributed by atoms with van der Waals surface area (Å²) in [4.78, 5) is 40.3. The van der Waals surface area contributed by atoms with Crippen molar-refractivity contribution in [1.29, 1.82) is 0 Å². The Kier molecular flexibility index (Phi) is 7.00. The van der Waals surface area contributed by atoms with Crippen LogP contribution in [0.3, 0.4) is 0 Å². The maximum Gasteiger partial charge on any atom is 0.287 e. The Morgan fingerprint density at radius 3 is 2.21 bits per heavy atom. The molecule has 1 saturated heterocycles. The number of carbonyl (C=O) groups excluding carboxylic acids is 3. The second kappa shape index (κ2) is 9.87. The molecule has 0 radical (unpaired) electrons. The van der Waals surface area contributed by atoms with Gasteiger partial charge in [0, 0.05) is 38.3 Å². The van der Waals surface area contributed by atoms with E-state index < -0.39 is 11.7 Å². The first kappa shape index (κ1) is 20.6. The topological polar surface area (TPSA) is 69.7 Å². The summed E-state index contributed by atoms with van der Waals surface area (Å²) < 4.78 is 0. The van der Waals surface area contributed by atoms with Crippen molar-refractivity contribution in [3.05, 3.63) is 65.7 Å². The fourth-order valence-corrected chi connectivity index (χ4v) is 3.35. The molecule has 1 heterocycles. The van der Waals surface area contributed by atoms with Crippen molar-refractivity contribution < 1.29 is 14.4 Å². The predicted octanol–water partition coefficient (Wildman–Crippen LogP) is 1.96. The summed E-state index contributed by atoms with van der Waals surface area (Å²) in [6.45, 7) is 4.62. The lowest BCUT2D eigenvalue weighted by Gasteiger charge is -2.36. The van der Waals surface area contributed by atoms with Crippen molar-refractivity contribution in [3.63, 3.8) is 0 Å². The predicted molar refractivity (Wildman–Crippen MR) is 113 cm³/mol. The van der Waals surface area contributed by atoms with Crippen molar-refractivity contribution in [2.45, 2.75) is 19.8 Å². The number of hydrogen-bond donors (Lipinski definition) is 1. The number of ketones is 1. The zero-order chi connectivity index (χ0) is 20.6. The van der Waals surface area contributed by atoms with Crippen LogP contribution in [-0.4, -0.2) is 55.2 Å². The molecule has 0 bridgehead atoms. The molecule has 6 heteroatoms. The van der Waals surface area contributed by atoms with Gasteiger partial charge < -0.3 is 15.1 Å². The third kappa shape index (κ3) is 5.91. The van der Waals surface area contributed by atoms with Gasteiger partial charge in [-0.1, -0.05) is 48.0 Å². The van der Waals surface area contributed by atoms with Crippen molar-refractivity contribution in [3.8, 4) is 0 Å². The number of piperazine rings is 1. The second-order valence-corrected chi connectivity index (χ2v) is 7.29. The molecule has 0 aromatic heterocycles. The number of rotatable bonds is 7. The molecule has 1 N–H and O–H groups in total. The Morgan fingerprint density at radius 1 is 0.897 bits per heavy atom. The van der Waals surface area contributed by atoms with Gasteiger partial charge >= 0.3 is 0 Å². The van der Waals surface area contributed by atoms with Gasteiger partial charge in [0.05, 0.1) is 6.54 Å². The van der Waals surface area contributed by atoms with Crippen LogP contribution >= 0.6 is 0 Å². The first-order valence-corrected chi connectivity index (χ1v) is 9.97. The third-order valence-corrected chi connectivity index (χ3v) is 5.17. The van der Waals surface area contributed by atoms with Crippen LogP contribution < -0.4 is 10.2 Å².